The van der Waals surface area contributed by atoms with E-state index in [4.69, 9.17) is 4.55 Å². The molecule has 0 saturated heterocycles. The highest BCUT2D eigenvalue weighted by atomic mass is 32.2. The van der Waals surface area contributed by atoms with Gasteiger partial charge >= 0.3 is 0 Å². The van der Waals surface area contributed by atoms with Gasteiger partial charge in [-0.2, -0.15) is 13.5 Å². The third-order valence-electron chi connectivity index (χ3n) is 3.17. The Morgan fingerprint density at radius 3 is 2.55 bits per heavy atom. The fourth-order valence-corrected chi connectivity index (χ4v) is 2.56. The van der Waals surface area contributed by atoms with Crippen LogP contribution in [0, 0.1) is 0 Å². The van der Waals surface area contributed by atoms with Crippen molar-refractivity contribution in [1.82, 2.24) is 4.98 Å². The van der Waals surface area contributed by atoms with E-state index in [-0.39, 0.29) is 4.90 Å². The summed E-state index contributed by atoms with van der Waals surface area (Å²) in [7, 11) is -4.17. The highest BCUT2D eigenvalue weighted by Gasteiger charge is 2.07. The zero-order chi connectivity index (χ0) is 15.6. The molecule has 112 valence electrons. The molecule has 0 unspecified atom stereocenters. The SMILES string of the molecule is O=S(=O)(O)c1ccc(NN=Cc2c[nH]c3ccccc23)cc1. The van der Waals surface area contributed by atoms with Crippen LogP contribution in [0.5, 0.6) is 0 Å². The number of aromatic nitrogens is 1. The topological polar surface area (TPSA) is 94.6 Å². The van der Waals surface area contributed by atoms with E-state index in [1.54, 1.807) is 6.21 Å². The van der Waals surface area contributed by atoms with E-state index in [2.05, 4.69) is 15.5 Å². The summed E-state index contributed by atoms with van der Waals surface area (Å²) in [6, 6.07) is 13.5. The molecule has 0 fully saturated rings. The molecule has 1 aromatic heterocycles. The van der Waals surface area contributed by atoms with Crippen LogP contribution in [0.4, 0.5) is 5.69 Å². The maximum Gasteiger partial charge on any atom is 0.294 e. The van der Waals surface area contributed by atoms with Gasteiger partial charge in [0.05, 0.1) is 16.8 Å². The first-order valence-corrected chi connectivity index (χ1v) is 7.91. The van der Waals surface area contributed by atoms with Crippen LogP contribution in [0.1, 0.15) is 5.56 Å². The Hall–Kier alpha value is -2.64. The summed E-state index contributed by atoms with van der Waals surface area (Å²) in [5, 5.41) is 5.18. The quantitative estimate of drug-likeness (QED) is 0.392. The fourth-order valence-electron chi connectivity index (χ4n) is 2.08. The Morgan fingerprint density at radius 2 is 1.82 bits per heavy atom. The first kappa shape index (κ1) is 14.3. The van der Waals surface area contributed by atoms with E-state index in [0.29, 0.717) is 5.69 Å². The maximum atomic E-state index is 10.9. The molecule has 0 amide bonds. The number of fused-ring (bicyclic) bond motifs is 1. The summed E-state index contributed by atoms with van der Waals surface area (Å²) >= 11 is 0. The molecule has 0 bridgehead atoms. The molecule has 0 aliphatic heterocycles. The molecule has 2 aromatic carbocycles. The van der Waals surface area contributed by atoms with Gasteiger partial charge in [0.2, 0.25) is 0 Å². The van der Waals surface area contributed by atoms with Gasteiger partial charge in [-0.3, -0.25) is 9.98 Å². The summed E-state index contributed by atoms with van der Waals surface area (Å²) in [6.45, 7) is 0. The van der Waals surface area contributed by atoms with Crippen molar-refractivity contribution in [2.24, 2.45) is 5.10 Å². The molecule has 0 aliphatic carbocycles. The van der Waals surface area contributed by atoms with E-state index < -0.39 is 10.1 Å². The van der Waals surface area contributed by atoms with Crippen molar-refractivity contribution in [3.8, 4) is 0 Å². The number of H-pyrrole nitrogens is 1. The highest BCUT2D eigenvalue weighted by molar-refractivity contribution is 7.85. The predicted molar refractivity (Wildman–Crippen MR) is 85.8 cm³/mol. The average Bonchev–Trinajstić information content (AvgIpc) is 2.90. The normalized spacial score (nSPS) is 12.0. The molecule has 0 atom stereocenters. The van der Waals surface area contributed by atoms with Crippen LogP contribution < -0.4 is 5.43 Å². The lowest BCUT2D eigenvalue weighted by atomic mass is 10.2. The van der Waals surface area contributed by atoms with Gasteiger partial charge in [0.15, 0.2) is 0 Å². The van der Waals surface area contributed by atoms with Crippen molar-refractivity contribution >= 4 is 32.9 Å². The van der Waals surface area contributed by atoms with Gasteiger partial charge in [-0.15, -0.1) is 0 Å². The van der Waals surface area contributed by atoms with Crippen molar-refractivity contribution in [3.05, 3.63) is 60.3 Å². The number of rotatable bonds is 4. The molecule has 7 heteroatoms. The van der Waals surface area contributed by atoms with E-state index in [1.165, 1.54) is 24.3 Å². The Bertz CT molecular complexity index is 928. The van der Waals surface area contributed by atoms with E-state index >= 15 is 0 Å². The minimum Gasteiger partial charge on any atom is -0.361 e. The van der Waals surface area contributed by atoms with Crippen molar-refractivity contribution in [2.45, 2.75) is 4.90 Å². The second-order valence-electron chi connectivity index (χ2n) is 4.66. The number of hydrogen-bond acceptors (Lipinski definition) is 4. The maximum absolute atomic E-state index is 10.9. The average molecular weight is 315 g/mol. The van der Waals surface area contributed by atoms with Crippen LogP contribution in [0.25, 0.3) is 10.9 Å². The highest BCUT2D eigenvalue weighted by Crippen LogP contribution is 2.16. The minimum atomic E-state index is -4.17. The van der Waals surface area contributed by atoms with E-state index in [9.17, 15) is 8.42 Å². The van der Waals surface area contributed by atoms with Gasteiger partial charge in [0, 0.05) is 22.7 Å². The molecular formula is C15H13N3O3S. The van der Waals surface area contributed by atoms with Crippen molar-refractivity contribution in [3.63, 3.8) is 0 Å². The van der Waals surface area contributed by atoms with Crippen LogP contribution in [-0.4, -0.2) is 24.2 Å². The first-order chi connectivity index (χ1) is 10.5. The number of benzene rings is 2. The molecule has 3 rings (SSSR count). The summed E-state index contributed by atoms with van der Waals surface area (Å²) in [5.74, 6) is 0. The molecule has 0 radical (unpaired) electrons. The van der Waals surface area contributed by atoms with Gasteiger partial charge in [-0.05, 0) is 30.3 Å². The van der Waals surface area contributed by atoms with Gasteiger partial charge in [0.1, 0.15) is 0 Å². The molecule has 1 heterocycles. The molecule has 3 N–H and O–H groups in total. The monoisotopic (exact) mass is 315 g/mol. The van der Waals surface area contributed by atoms with Gasteiger partial charge in [0.25, 0.3) is 10.1 Å². The number of hydrogen-bond donors (Lipinski definition) is 3. The largest absolute Gasteiger partial charge is 0.361 e. The first-order valence-electron chi connectivity index (χ1n) is 6.47. The number of aromatic amines is 1. The standard InChI is InChI=1S/C15H13N3O3S/c19-22(20,21)13-7-5-12(6-8-13)18-17-10-11-9-16-15-4-2-1-3-14(11)15/h1-10,16,18H,(H,19,20,21). The van der Waals surface area contributed by atoms with Crippen LogP contribution in [0.2, 0.25) is 0 Å². The molecule has 6 nitrogen and oxygen atoms in total. The van der Waals surface area contributed by atoms with Crippen molar-refractivity contribution in [2.75, 3.05) is 5.43 Å². The zero-order valence-corrected chi connectivity index (χ0v) is 12.2. The third kappa shape index (κ3) is 3.00. The van der Waals surface area contributed by atoms with Crippen LogP contribution in [-0.2, 0) is 10.1 Å². The molecule has 3 aromatic rings. The van der Waals surface area contributed by atoms with Crippen LogP contribution in [0.15, 0.2) is 64.7 Å². The molecule has 0 aliphatic rings. The third-order valence-corrected chi connectivity index (χ3v) is 4.04. The number of nitrogens with one attached hydrogen (secondary N) is 2. The minimum absolute atomic E-state index is 0.154. The lowest BCUT2D eigenvalue weighted by molar-refractivity contribution is 0.483. The van der Waals surface area contributed by atoms with Gasteiger partial charge < -0.3 is 4.98 Å². The zero-order valence-electron chi connectivity index (χ0n) is 11.4. The number of anilines is 1. The predicted octanol–water partition coefficient (Wildman–Crippen LogP) is 2.86. The summed E-state index contributed by atoms with van der Waals surface area (Å²) < 4.78 is 30.8. The van der Waals surface area contributed by atoms with Crippen molar-refractivity contribution in [1.29, 1.82) is 0 Å². The summed E-state index contributed by atoms with van der Waals surface area (Å²) in [4.78, 5) is 2.99. The Labute approximate surface area is 127 Å². The second-order valence-corrected chi connectivity index (χ2v) is 6.08. The number of nitrogens with zero attached hydrogens (tertiary/aromatic N) is 1. The lowest BCUT2D eigenvalue weighted by Gasteiger charge is -2.01. The number of hydrazone groups is 1. The molecule has 0 saturated carbocycles. The smallest absolute Gasteiger partial charge is 0.294 e. The van der Waals surface area contributed by atoms with E-state index in [1.807, 2.05) is 30.5 Å². The van der Waals surface area contributed by atoms with Crippen LogP contribution >= 0.6 is 0 Å². The lowest BCUT2D eigenvalue weighted by Crippen LogP contribution is -1.98. The van der Waals surface area contributed by atoms with E-state index in [0.717, 1.165) is 16.5 Å². The van der Waals surface area contributed by atoms with Crippen LogP contribution in [0.3, 0.4) is 0 Å². The molecule has 22 heavy (non-hydrogen) atoms. The Kier molecular flexibility index (Phi) is 3.66. The Morgan fingerprint density at radius 1 is 1.09 bits per heavy atom. The van der Waals surface area contributed by atoms with Gasteiger partial charge in [-0.25, -0.2) is 0 Å². The number of para-hydroxylation sites is 1. The molecular weight excluding hydrogens is 302 g/mol. The van der Waals surface area contributed by atoms with Gasteiger partial charge in [-0.1, -0.05) is 18.2 Å². The molecule has 0 spiro atoms. The fraction of sp³-hybridized carbons (Fsp3) is 0. The van der Waals surface area contributed by atoms with Crippen molar-refractivity contribution < 1.29 is 13.0 Å². The summed E-state index contributed by atoms with van der Waals surface area (Å²) in [6.07, 6.45) is 3.53. The Balaban J connectivity index is 1.75. The second kappa shape index (κ2) is 5.63. The summed E-state index contributed by atoms with van der Waals surface area (Å²) in [5.41, 5.74) is 5.39.